The number of amides is 1. The third kappa shape index (κ3) is 2.94. The van der Waals surface area contributed by atoms with E-state index in [2.05, 4.69) is 9.88 Å². The van der Waals surface area contributed by atoms with Crippen LogP contribution in [-0.2, 0) is 24.3 Å². The van der Waals surface area contributed by atoms with Gasteiger partial charge in [0.15, 0.2) is 0 Å². The Morgan fingerprint density at radius 3 is 2.83 bits per heavy atom. The number of carbonyl (C=O) groups is 1. The van der Waals surface area contributed by atoms with Gasteiger partial charge < -0.3 is 19.9 Å². The molecule has 1 aromatic carbocycles. The Bertz CT molecular complexity index is 771. The lowest BCUT2D eigenvalue weighted by molar-refractivity contribution is -0.135. The Kier molecular flexibility index (Phi) is 4.56. The maximum Gasteiger partial charge on any atom is 0.248 e. The van der Waals surface area contributed by atoms with Gasteiger partial charge in [0.2, 0.25) is 5.91 Å². The molecule has 1 aliphatic rings. The van der Waals surface area contributed by atoms with Crippen molar-refractivity contribution in [1.29, 1.82) is 0 Å². The molecule has 0 saturated heterocycles. The molecule has 2 aromatic rings. The molecule has 1 aromatic heterocycles. The number of rotatable bonds is 3. The fraction of sp³-hybridized carbons (Fsp3) is 0.438. The molecule has 0 saturated carbocycles. The van der Waals surface area contributed by atoms with E-state index in [9.17, 15) is 4.79 Å². The molecule has 0 aliphatic carbocycles. The number of H-pyrrole nitrogens is 1. The maximum absolute atomic E-state index is 11.8. The van der Waals surface area contributed by atoms with Crippen LogP contribution in [0.3, 0.4) is 0 Å². The van der Waals surface area contributed by atoms with E-state index in [1.807, 2.05) is 20.2 Å². The van der Waals surface area contributed by atoms with E-state index in [1.54, 1.807) is 4.90 Å². The smallest absolute Gasteiger partial charge is 0.248 e. The summed E-state index contributed by atoms with van der Waals surface area (Å²) in [5.41, 5.74) is 4.07. The van der Waals surface area contributed by atoms with Gasteiger partial charge in [-0.25, -0.2) is 0 Å². The number of nitrogens with zero attached hydrogens (tertiary/aromatic N) is 2. The molecule has 23 heavy (non-hydrogen) atoms. The zero-order valence-corrected chi connectivity index (χ0v) is 14.6. The lowest BCUT2D eigenvalue weighted by Crippen LogP contribution is -2.37. The molecular weight excluding hydrogens is 337 g/mol. The van der Waals surface area contributed by atoms with Crippen molar-refractivity contribution in [2.45, 2.75) is 19.5 Å². The number of hydrogen-bond donors (Lipinski definition) is 2. The van der Waals surface area contributed by atoms with Crippen LogP contribution in [0.25, 0.3) is 10.9 Å². The predicted molar refractivity (Wildman–Crippen MR) is 91.9 cm³/mol. The van der Waals surface area contributed by atoms with Gasteiger partial charge in [-0.3, -0.25) is 4.79 Å². The summed E-state index contributed by atoms with van der Waals surface area (Å²) in [6, 6.07) is 1.90. The quantitative estimate of drug-likeness (QED) is 0.888. The van der Waals surface area contributed by atoms with Crippen LogP contribution in [0.15, 0.2) is 6.07 Å². The molecule has 7 heteroatoms. The van der Waals surface area contributed by atoms with Crippen LogP contribution < -0.4 is 0 Å². The minimum Gasteiger partial charge on any atom is -0.387 e. The van der Waals surface area contributed by atoms with Gasteiger partial charge in [0, 0.05) is 42.7 Å². The first kappa shape index (κ1) is 16.6. The average Bonchev–Trinajstić information content (AvgIpc) is 2.90. The van der Waals surface area contributed by atoms with Gasteiger partial charge in [-0.1, -0.05) is 23.2 Å². The van der Waals surface area contributed by atoms with Crippen LogP contribution in [0, 0.1) is 0 Å². The van der Waals surface area contributed by atoms with Crippen LogP contribution in [0.2, 0.25) is 10.0 Å². The molecule has 2 N–H and O–H groups in total. The fourth-order valence-electron chi connectivity index (χ4n) is 3.20. The van der Waals surface area contributed by atoms with Crippen molar-refractivity contribution in [2.75, 3.05) is 27.2 Å². The summed E-state index contributed by atoms with van der Waals surface area (Å²) in [6.07, 6.45) is 0.713. The number of hydrogen-bond acceptors (Lipinski definition) is 3. The monoisotopic (exact) mass is 355 g/mol. The van der Waals surface area contributed by atoms with E-state index in [0.717, 1.165) is 34.3 Å². The van der Waals surface area contributed by atoms with Crippen molar-refractivity contribution in [3.8, 4) is 0 Å². The summed E-state index contributed by atoms with van der Waals surface area (Å²) < 4.78 is 0. The Morgan fingerprint density at radius 1 is 1.43 bits per heavy atom. The highest BCUT2D eigenvalue weighted by Crippen LogP contribution is 2.38. The zero-order chi connectivity index (χ0) is 16.7. The number of carbonyl (C=O) groups excluding carboxylic acids is 1. The SMILES string of the molecule is CN(C)Cc1cc(Cl)c(Cl)c2[nH]c3c(c12)CN(C(=O)CO)CC3. The van der Waals surface area contributed by atoms with Gasteiger partial charge >= 0.3 is 0 Å². The van der Waals surface area contributed by atoms with Crippen LogP contribution in [-0.4, -0.2) is 53.0 Å². The minimum atomic E-state index is -0.463. The first-order chi connectivity index (χ1) is 10.9. The van der Waals surface area contributed by atoms with E-state index in [-0.39, 0.29) is 5.91 Å². The average molecular weight is 356 g/mol. The molecule has 0 radical (unpaired) electrons. The summed E-state index contributed by atoms with van der Waals surface area (Å²) in [4.78, 5) is 19.0. The molecular formula is C16H19Cl2N3O2. The van der Waals surface area contributed by atoms with Crippen LogP contribution >= 0.6 is 23.2 Å². The van der Waals surface area contributed by atoms with Crippen LogP contribution in [0.4, 0.5) is 0 Å². The van der Waals surface area contributed by atoms with Crippen LogP contribution in [0.5, 0.6) is 0 Å². The first-order valence-electron chi connectivity index (χ1n) is 7.46. The van der Waals surface area contributed by atoms with Gasteiger partial charge in [0.25, 0.3) is 0 Å². The normalized spacial score (nSPS) is 14.6. The number of aliphatic hydroxyl groups excluding tert-OH is 1. The molecule has 2 heterocycles. The second-order valence-corrected chi connectivity index (χ2v) is 6.91. The summed E-state index contributed by atoms with van der Waals surface area (Å²) in [5.74, 6) is -0.251. The standard InChI is InChI=1S/C16H19Cl2N3O2/c1-20(2)6-9-5-11(17)15(18)16-14(9)10-7-21(13(23)8-22)4-3-12(10)19-16/h5,19,22H,3-4,6-8H2,1-2H3. The van der Waals surface area contributed by atoms with Gasteiger partial charge in [-0.2, -0.15) is 0 Å². The minimum absolute atomic E-state index is 0.251. The molecule has 1 amide bonds. The molecule has 1 aliphatic heterocycles. The van der Waals surface area contributed by atoms with Crippen molar-refractivity contribution < 1.29 is 9.90 Å². The van der Waals surface area contributed by atoms with E-state index in [4.69, 9.17) is 28.3 Å². The van der Waals surface area contributed by atoms with E-state index in [1.165, 1.54) is 0 Å². The van der Waals surface area contributed by atoms with Gasteiger partial charge in [0.05, 0.1) is 15.6 Å². The zero-order valence-electron chi connectivity index (χ0n) is 13.1. The van der Waals surface area contributed by atoms with E-state index in [0.29, 0.717) is 29.6 Å². The highest BCUT2D eigenvalue weighted by molar-refractivity contribution is 6.45. The Morgan fingerprint density at radius 2 is 2.17 bits per heavy atom. The second-order valence-electron chi connectivity index (χ2n) is 6.12. The van der Waals surface area contributed by atoms with Gasteiger partial charge in [-0.15, -0.1) is 0 Å². The fourth-order valence-corrected chi connectivity index (χ4v) is 3.62. The Hall–Kier alpha value is -1.27. The third-order valence-electron chi connectivity index (χ3n) is 4.20. The lowest BCUT2D eigenvalue weighted by Gasteiger charge is -2.27. The van der Waals surface area contributed by atoms with Crippen molar-refractivity contribution in [3.05, 3.63) is 32.9 Å². The molecule has 0 atom stereocenters. The van der Waals surface area contributed by atoms with Crippen LogP contribution in [0.1, 0.15) is 16.8 Å². The molecule has 0 unspecified atom stereocenters. The highest BCUT2D eigenvalue weighted by Gasteiger charge is 2.26. The Balaban J connectivity index is 2.16. The molecule has 0 bridgehead atoms. The molecule has 0 fully saturated rings. The first-order valence-corrected chi connectivity index (χ1v) is 8.21. The predicted octanol–water partition coefficient (Wildman–Crippen LogP) is 2.41. The highest BCUT2D eigenvalue weighted by atomic mass is 35.5. The molecule has 0 spiro atoms. The van der Waals surface area contributed by atoms with Crippen molar-refractivity contribution in [3.63, 3.8) is 0 Å². The lowest BCUT2D eigenvalue weighted by atomic mass is 10.00. The number of fused-ring (bicyclic) bond motifs is 3. The largest absolute Gasteiger partial charge is 0.387 e. The number of aromatic amines is 1. The van der Waals surface area contributed by atoms with E-state index >= 15 is 0 Å². The second kappa shape index (κ2) is 6.32. The molecule has 3 rings (SSSR count). The van der Waals surface area contributed by atoms with Gasteiger partial charge in [0.1, 0.15) is 6.61 Å². The Labute approximate surface area is 144 Å². The van der Waals surface area contributed by atoms with Crippen molar-refractivity contribution in [2.24, 2.45) is 0 Å². The van der Waals surface area contributed by atoms with E-state index < -0.39 is 6.61 Å². The number of nitrogens with one attached hydrogen (secondary N) is 1. The molecule has 124 valence electrons. The number of aromatic nitrogens is 1. The third-order valence-corrected chi connectivity index (χ3v) is 4.99. The van der Waals surface area contributed by atoms with Crippen molar-refractivity contribution >= 4 is 40.0 Å². The number of halogens is 2. The number of benzene rings is 1. The number of aliphatic hydroxyl groups is 1. The summed E-state index contributed by atoms with van der Waals surface area (Å²) >= 11 is 12.7. The summed E-state index contributed by atoms with van der Waals surface area (Å²) in [5, 5.41) is 11.2. The van der Waals surface area contributed by atoms with Crippen molar-refractivity contribution in [1.82, 2.24) is 14.8 Å². The summed E-state index contributed by atoms with van der Waals surface area (Å²) in [6.45, 7) is 1.33. The molecule has 5 nitrogen and oxygen atoms in total. The maximum atomic E-state index is 11.8. The van der Waals surface area contributed by atoms with Gasteiger partial charge in [-0.05, 0) is 25.7 Å². The topological polar surface area (TPSA) is 59.6 Å². The summed E-state index contributed by atoms with van der Waals surface area (Å²) in [7, 11) is 3.99.